The van der Waals surface area contributed by atoms with Gasteiger partial charge in [0.05, 0.1) is 12.8 Å². The van der Waals surface area contributed by atoms with Crippen molar-refractivity contribution in [3.63, 3.8) is 0 Å². The molecule has 8 nitrogen and oxygen atoms in total. The Morgan fingerprint density at radius 2 is 2.05 bits per heavy atom. The van der Waals surface area contributed by atoms with Crippen molar-refractivity contribution in [3.8, 4) is 5.75 Å². The number of anilines is 1. The van der Waals surface area contributed by atoms with Crippen LogP contribution < -0.4 is 10.1 Å². The Bertz CT molecular complexity index is 636. The minimum Gasteiger partial charge on any atom is -0.494 e. The fourth-order valence-corrected chi connectivity index (χ4v) is 1.62. The van der Waals surface area contributed by atoms with E-state index in [2.05, 4.69) is 15.6 Å². The Balaban J connectivity index is 1.92. The summed E-state index contributed by atoms with van der Waals surface area (Å²) in [6.07, 6.45) is 1.19. The van der Waals surface area contributed by atoms with E-state index in [0.717, 1.165) is 10.4 Å². The van der Waals surface area contributed by atoms with Gasteiger partial charge in [-0.05, 0) is 31.2 Å². The fourth-order valence-electron chi connectivity index (χ4n) is 1.62. The highest BCUT2D eigenvalue weighted by molar-refractivity contribution is 5.90. The number of hydrogen-bond acceptors (Lipinski definition) is 5. The first kappa shape index (κ1) is 14.5. The van der Waals surface area contributed by atoms with E-state index < -0.39 is 5.97 Å². The Morgan fingerprint density at radius 1 is 1.33 bits per heavy atom. The van der Waals surface area contributed by atoms with Crippen molar-refractivity contribution in [1.82, 2.24) is 15.0 Å². The van der Waals surface area contributed by atoms with E-state index >= 15 is 0 Å². The number of carbonyl (C=O) groups excluding carboxylic acids is 1. The van der Waals surface area contributed by atoms with Crippen molar-refractivity contribution in [2.75, 3.05) is 11.9 Å². The number of rotatable bonds is 6. The number of hydrogen-bond donors (Lipinski definition) is 2. The molecule has 0 aliphatic carbocycles. The van der Waals surface area contributed by atoms with E-state index in [1.54, 1.807) is 24.3 Å². The van der Waals surface area contributed by atoms with Crippen LogP contribution in [0.15, 0.2) is 30.5 Å². The van der Waals surface area contributed by atoms with Gasteiger partial charge in [-0.1, -0.05) is 5.21 Å². The molecule has 2 rings (SSSR count). The fraction of sp³-hybridized carbons (Fsp3) is 0.231. The lowest BCUT2D eigenvalue weighted by Crippen LogP contribution is -2.19. The summed E-state index contributed by atoms with van der Waals surface area (Å²) in [6, 6.07) is 6.92. The third kappa shape index (κ3) is 4.03. The standard InChI is InChI=1S/C13H14N4O4/c1-2-21-10-5-3-9(4-6-10)14-12(18)8-17-7-11(13(19)20)15-16-17/h3-7H,2,8H2,1H3,(H,14,18)(H,19,20). The first-order valence-electron chi connectivity index (χ1n) is 6.24. The zero-order valence-corrected chi connectivity index (χ0v) is 11.3. The van der Waals surface area contributed by atoms with Crippen LogP contribution in [0.2, 0.25) is 0 Å². The predicted molar refractivity (Wildman–Crippen MR) is 73.2 cm³/mol. The normalized spacial score (nSPS) is 10.1. The van der Waals surface area contributed by atoms with Crippen LogP contribution >= 0.6 is 0 Å². The Morgan fingerprint density at radius 3 is 2.62 bits per heavy atom. The number of aromatic carboxylic acids is 1. The number of carboxylic acid groups (broad SMARTS) is 1. The summed E-state index contributed by atoms with van der Waals surface area (Å²) in [7, 11) is 0. The maximum absolute atomic E-state index is 11.8. The third-order valence-corrected chi connectivity index (χ3v) is 2.51. The molecule has 1 aromatic carbocycles. The molecule has 0 radical (unpaired) electrons. The van der Waals surface area contributed by atoms with Crippen LogP contribution in [-0.2, 0) is 11.3 Å². The van der Waals surface area contributed by atoms with Gasteiger partial charge in [-0.3, -0.25) is 4.79 Å². The summed E-state index contributed by atoms with van der Waals surface area (Å²) in [5.41, 5.74) is 0.408. The average Bonchev–Trinajstić information content (AvgIpc) is 2.90. The number of aromatic nitrogens is 3. The molecule has 1 aromatic heterocycles. The van der Waals surface area contributed by atoms with Crippen LogP contribution in [-0.4, -0.2) is 38.6 Å². The maximum atomic E-state index is 11.8. The topological polar surface area (TPSA) is 106 Å². The van der Waals surface area contributed by atoms with Gasteiger partial charge in [0.1, 0.15) is 12.3 Å². The minimum atomic E-state index is -1.19. The highest BCUT2D eigenvalue weighted by Crippen LogP contribution is 2.15. The summed E-state index contributed by atoms with van der Waals surface area (Å²) >= 11 is 0. The van der Waals surface area contributed by atoms with E-state index in [-0.39, 0.29) is 18.1 Å². The van der Waals surface area contributed by atoms with Crippen LogP contribution in [0, 0.1) is 0 Å². The van der Waals surface area contributed by atoms with Gasteiger partial charge < -0.3 is 15.2 Å². The summed E-state index contributed by atoms with van der Waals surface area (Å²) in [5.74, 6) is -0.799. The van der Waals surface area contributed by atoms with Crippen molar-refractivity contribution in [2.45, 2.75) is 13.5 Å². The molecule has 1 heterocycles. The molecular weight excluding hydrogens is 276 g/mol. The molecular formula is C13H14N4O4. The molecule has 0 aliphatic heterocycles. The first-order chi connectivity index (χ1) is 10.1. The lowest BCUT2D eigenvalue weighted by Gasteiger charge is -2.06. The second kappa shape index (κ2) is 6.51. The smallest absolute Gasteiger partial charge is 0.358 e. The van der Waals surface area contributed by atoms with Gasteiger partial charge in [0.2, 0.25) is 5.91 Å². The van der Waals surface area contributed by atoms with Crippen LogP contribution in [0.5, 0.6) is 5.75 Å². The second-order valence-corrected chi connectivity index (χ2v) is 4.11. The SMILES string of the molecule is CCOc1ccc(NC(=O)Cn2cc(C(=O)O)nn2)cc1. The molecule has 1 amide bonds. The van der Waals surface area contributed by atoms with E-state index in [1.165, 1.54) is 6.20 Å². The Hall–Kier alpha value is -2.90. The number of nitrogens with zero attached hydrogens (tertiary/aromatic N) is 3. The van der Waals surface area contributed by atoms with Crippen LogP contribution in [0.25, 0.3) is 0 Å². The number of carboxylic acids is 1. The molecule has 0 fully saturated rings. The van der Waals surface area contributed by atoms with Crippen molar-refractivity contribution >= 4 is 17.6 Å². The van der Waals surface area contributed by atoms with Crippen LogP contribution in [0.3, 0.4) is 0 Å². The van der Waals surface area contributed by atoms with Gasteiger partial charge in [-0.25, -0.2) is 9.48 Å². The van der Waals surface area contributed by atoms with Crippen LogP contribution in [0.1, 0.15) is 17.4 Å². The molecule has 0 spiro atoms. The first-order valence-corrected chi connectivity index (χ1v) is 6.24. The molecule has 0 saturated heterocycles. The summed E-state index contributed by atoms with van der Waals surface area (Å²) in [6.45, 7) is 2.34. The van der Waals surface area contributed by atoms with Crippen molar-refractivity contribution in [3.05, 3.63) is 36.2 Å². The third-order valence-electron chi connectivity index (χ3n) is 2.51. The molecule has 110 valence electrons. The number of ether oxygens (including phenoxy) is 1. The van der Waals surface area contributed by atoms with Gasteiger partial charge >= 0.3 is 5.97 Å². The molecule has 8 heteroatoms. The number of carbonyl (C=O) groups is 2. The van der Waals surface area contributed by atoms with Crippen LogP contribution in [0.4, 0.5) is 5.69 Å². The summed E-state index contributed by atoms with van der Waals surface area (Å²) < 4.78 is 6.46. The van der Waals surface area contributed by atoms with Gasteiger partial charge in [-0.2, -0.15) is 0 Å². The molecule has 0 atom stereocenters. The lowest BCUT2D eigenvalue weighted by atomic mass is 10.3. The van der Waals surface area contributed by atoms with Gasteiger partial charge in [0, 0.05) is 5.69 Å². The number of amides is 1. The monoisotopic (exact) mass is 290 g/mol. The highest BCUT2D eigenvalue weighted by atomic mass is 16.5. The minimum absolute atomic E-state index is 0.118. The lowest BCUT2D eigenvalue weighted by molar-refractivity contribution is -0.116. The van der Waals surface area contributed by atoms with Crippen molar-refractivity contribution in [2.24, 2.45) is 0 Å². The zero-order valence-electron chi connectivity index (χ0n) is 11.3. The van der Waals surface area contributed by atoms with Crippen molar-refractivity contribution < 1.29 is 19.4 Å². The zero-order chi connectivity index (χ0) is 15.2. The molecule has 2 N–H and O–H groups in total. The van der Waals surface area contributed by atoms with Gasteiger partial charge in [-0.15, -0.1) is 5.10 Å². The number of nitrogens with one attached hydrogen (secondary N) is 1. The molecule has 21 heavy (non-hydrogen) atoms. The van der Waals surface area contributed by atoms with Gasteiger partial charge in [0.15, 0.2) is 5.69 Å². The number of benzene rings is 1. The molecule has 0 unspecified atom stereocenters. The predicted octanol–water partition coefficient (Wildman–Crippen LogP) is 1.01. The molecule has 2 aromatic rings. The summed E-state index contributed by atoms with van der Waals surface area (Å²) in [5, 5.41) is 18.4. The van der Waals surface area contributed by atoms with Crippen molar-refractivity contribution in [1.29, 1.82) is 0 Å². The van der Waals surface area contributed by atoms with E-state index in [9.17, 15) is 9.59 Å². The van der Waals surface area contributed by atoms with E-state index in [4.69, 9.17) is 9.84 Å². The molecule has 0 saturated carbocycles. The Kier molecular flexibility index (Phi) is 4.50. The van der Waals surface area contributed by atoms with Gasteiger partial charge in [0.25, 0.3) is 0 Å². The highest BCUT2D eigenvalue weighted by Gasteiger charge is 2.10. The van der Waals surface area contributed by atoms with E-state index in [1.807, 2.05) is 6.92 Å². The largest absolute Gasteiger partial charge is 0.494 e. The van der Waals surface area contributed by atoms with E-state index in [0.29, 0.717) is 12.3 Å². The maximum Gasteiger partial charge on any atom is 0.358 e. The molecule has 0 aliphatic rings. The Labute approximate surface area is 120 Å². The molecule has 0 bridgehead atoms. The quantitative estimate of drug-likeness (QED) is 0.822. The average molecular weight is 290 g/mol. The second-order valence-electron chi connectivity index (χ2n) is 4.11. The summed E-state index contributed by atoms with van der Waals surface area (Å²) in [4.78, 5) is 22.4.